The van der Waals surface area contributed by atoms with Gasteiger partial charge in [0.1, 0.15) is 11.2 Å². The van der Waals surface area contributed by atoms with Crippen molar-refractivity contribution < 1.29 is 19.1 Å². The third kappa shape index (κ3) is 4.52. The molecule has 0 aliphatic heterocycles. The van der Waals surface area contributed by atoms with Crippen LogP contribution in [0.5, 0.6) is 0 Å². The first-order valence-corrected chi connectivity index (χ1v) is 13.5. The molecule has 33 heavy (non-hydrogen) atoms. The monoisotopic (exact) mass is 458 g/mol. The minimum atomic E-state index is -0.730. The number of carbonyl (C=O) groups is 2. The molecule has 0 heterocycles. The van der Waals surface area contributed by atoms with Gasteiger partial charge in [-0.1, -0.05) is 39.7 Å². The van der Waals surface area contributed by atoms with E-state index in [1.54, 1.807) is 0 Å². The molecule has 3 atom stereocenters. The second-order valence-corrected chi connectivity index (χ2v) is 13.2. The Morgan fingerprint density at radius 2 is 1.61 bits per heavy atom. The predicted molar refractivity (Wildman–Crippen MR) is 130 cm³/mol. The molecule has 0 radical (unpaired) electrons. The zero-order chi connectivity index (χ0) is 24.1. The Morgan fingerprint density at radius 1 is 1.00 bits per heavy atom. The van der Waals surface area contributed by atoms with E-state index in [9.17, 15) is 9.59 Å². The molecule has 0 aromatic carbocycles. The van der Waals surface area contributed by atoms with E-state index in [0.29, 0.717) is 36.0 Å². The fraction of sp³-hybridized carbons (Fsp3) is 0.862. The summed E-state index contributed by atoms with van der Waals surface area (Å²) in [6.45, 7) is 13.9. The molecule has 0 saturated heterocycles. The van der Waals surface area contributed by atoms with Crippen molar-refractivity contribution in [2.75, 3.05) is 0 Å². The van der Waals surface area contributed by atoms with Crippen molar-refractivity contribution >= 4 is 11.9 Å². The van der Waals surface area contributed by atoms with E-state index in [1.165, 1.54) is 70.3 Å². The quantitative estimate of drug-likeness (QED) is 0.290. The molecule has 4 bridgehead atoms. The van der Waals surface area contributed by atoms with E-state index in [-0.39, 0.29) is 11.6 Å². The molecule has 5 fully saturated rings. The topological polar surface area (TPSA) is 52.6 Å². The first-order valence-electron chi connectivity index (χ1n) is 13.5. The van der Waals surface area contributed by atoms with E-state index in [2.05, 4.69) is 13.5 Å². The Hall–Kier alpha value is -1.32. The van der Waals surface area contributed by atoms with Crippen LogP contribution in [-0.4, -0.2) is 23.1 Å². The van der Waals surface area contributed by atoms with Gasteiger partial charge >= 0.3 is 11.9 Å². The maximum atomic E-state index is 14.0. The van der Waals surface area contributed by atoms with Gasteiger partial charge in [-0.15, -0.1) is 0 Å². The largest absolute Gasteiger partial charge is 0.458 e. The molecule has 4 heteroatoms. The molecule has 5 aliphatic rings. The highest BCUT2D eigenvalue weighted by atomic mass is 16.6. The fourth-order valence-electron chi connectivity index (χ4n) is 8.69. The summed E-state index contributed by atoms with van der Waals surface area (Å²) in [7, 11) is 0. The molecule has 5 saturated carbocycles. The van der Waals surface area contributed by atoms with Gasteiger partial charge in [-0.05, 0) is 89.4 Å². The Balaban J connectivity index is 1.60. The van der Waals surface area contributed by atoms with E-state index in [1.807, 2.05) is 27.7 Å². The Bertz CT molecular complexity index is 760. The number of carbonyl (C=O) groups excluding carboxylic acids is 2. The minimum Gasteiger partial charge on any atom is -0.458 e. The van der Waals surface area contributed by atoms with Crippen LogP contribution in [0.4, 0.5) is 0 Å². The number of rotatable bonds is 8. The van der Waals surface area contributed by atoms with Gasteiger partial charge in [-0.25, -0.2) is 4.79 Å². The summed E-state index contributed by atoms with van der Waals surface area (Å²) >= 11 is 0. The van der Waals surface area contributed by atoms with Gasteiger partial charge in [0.15, 0.2) is 0 Å². The van der Waals surface area contributed by atoms with Crippen molar-refractivity contribution in [3.05, 3.63) is 12.7 Å². The van der Waals surface area contributed by atoms with Crippen LogP contribution in [-0.2, 0) is 19.1 Å². The lowest BCUT2D eigenvalue weighted by Gasteiger charge is -2.66. The summed E-state index contributed by atoms with van der Waals surface area (Å²) in [6, 6.07) is 0. The lowest BCUT2D eigenvalue weighted by molar-refractivity contribution is -0.252. The third-order valence-electron chi connectivity index (χ3n) is 9.91. The molecular weight excluding hydrogens is 412 g/mol. The Morgan fingerprint density at radius 3 is 2.12 bits per heavy atom. The summed E-state index contributed by atoms with van der Waals surface area (Å²) in [6.07, 6.45) is 14.8. The summed E-state index contributed by atoms with van der Waals surface area (Å²) in [5.41, 5.74) is -1.29. The lowest BCUT2D eigenvalue weighted by Crippen LogP contribution is -2.66. The summed E-state index contributed by atoms with van der Waals surface area (Å²) in [4.78, 5) is 25.9. The molecule has 0 aromatic heterocycles. The van der Waals surface area contributed by atoms with Crippen molar-refractivity contribution in [2.24, 2.45) is 34.5 Å². The Labute approximate surface area is 201 Å². The van der Waals surface area contributed by atoms with Crippen LogP contribution in [0.15, 0.2) is 12.7 Å². The van der Waals surface area contributed by atoms with Crippen LogP contribution in [0.3, 0.4) is 0 Å². The van der Waals surface area contributed by atoms with Crippen molar-refractivity contribution in [2.45, 2.75) is 123 Å². The minimum absolute atomic E-state index is 0.0972. The molecule has 5 aliphatic carbocycles. The maximum Gasteiger partial charge on any atom is 0.330 e. The molecule has 0 aromatic rings. The van der Waals surface area contributed by atoms with Gasteiger partial charge in [-0.2, -0.15) is 0 Å². The van der Waals surface area contributed by atoms with Crippen LogP contribution in [0.2, 0.25) is 0 Å². The van der Waals surface area contributed by atoms with E-state index >= 15 is 0 Å². The first kappa shape index (κ1) is 24.8. The number of hydrogen-bond donors (Lipinski definition) is 0. The molecule has 0 N–H and O–H groups in total. The highest BCUT2D eigenvalue weighted by molar-refractivity contribution is 5.82. The predicted octanol–water partition coefficient (Wildman–Crippen LogP) is 7.01. The van der Waals surface area contributed by atoms with Gasteiger partial charge in [0.25, 0.3) is 0 Å². The smallest absolute Gasteiger partial charge is 0.330 e. The number of ether oxygens (including phenoxy) is 2. The third-order valence-corrected chi connectivity index (χ3v) is 9.91. The summed E-state index contributed by atoms with van der Waals surface area (Å²) in [5.74, 6) is 1.80. The SMILES string of the molecule is C=CC(=O)OC(C)(CC)CC(C)(C)C(=O)OC1(C2CCCCC2)C2CC3CC1CC(C)(C3)C2. The lowest BCUT2D eigenvalue weighted by atomic mass is 9.42. The van der Waals surface area contributed by atoms with Gasteiger partial charge in [-0.3, -0.25) is 4.79 Å². The second-order valence-electron chi connectivity index (χ2n) is 13.2. The maximum absolute atomic E-state index is 14.0. The van der Waals surface area contributed by atoms with Crippen molar-refractivity contribution in [1.82, 2.24) is 0 Å². The molecule has 5 rings (SSSR count). The van der Waals surface area contributed by atoms with Gasteiger partial charge in [0.05, 0.1) is 5.41 Å². The molecule has 186 valence electrons. The number of esters is 2. The molecule has 4 nitrogen and oxygen atoms in total. The molecule has 3 unspecified atom stereocenters. The van der Waals surface area contributed by atoms with Gasteiger partial charge in [0, 0.05) is 24.3 Å². The van der Waals surface area contributed by atoms with Crippen molar-refractivity contribution in [3.63, 3.8) is 0 Å². The average Bonchev–Trinajstić information content (AvgIpc) is 2.75. The van der Waals surface area contributed by atoms with Gasteiger partial charge < -0.3 is 9.47 Å². The van der Waals surface area contributed by atoms with Crippen LogP contribution in [0.1, 0.15) is 112 Å². The van der Waals surface area contributed by atoms with Crippen LogP contribution < -0.4 is 0 Å². The molecular formula is C29H46O4. The van der Waals surface area contributed by atoms with Crippen molar-refractivity contribution in [3.8, 4) is 0 Å². The van der Waals surface area contributed by atoms with Crippen LogP contribution in [0.25, 0.3) is 0 Å². The standard InChI is InChI=1S/C29H46O4/c1-7-24(30)32-28(6,8-2)19-26(3,4)25(31)33-29(21-12-10-9-11-13-21)22-14-20-15-23(29)18-27(5,16-20)17-22/h7,20-23H,1,8-19H2,2-6H3. The zero-order valence-electron chi connectivity index (χ0n) is 21.7. The highest BCUT2D eigenvalue weighted by Crippen LogP contribution is 2.67. The van der Waals surface area contributed by atoms with E-state index in [0.717, 1.165) is 5.92 Å². The number of hydrogen-bond acceptors (Lipinski definition) is 4. The average molecular weight is 459 g/mol. The second kappa shape index (κ2) is 8.72. The molecule has 0 spiro atoms. The van der Waals surface area contributed by atoms with E-state index in [4.69, 9.17) is 9.47 Å². The van der Waals surface area contributed by atoms with E-state index < -0.39 is 17.0 Å². The van der Waals surface area contributed by atoms with Gasteiger partial charge in [0.2, 0.25) is 0 Å². The molecule has 0 amide bonds. The summed E-state index contributed by atoms with van der Waals surface area (Å²) in [5, 5.41) is 0. The first-order chi connectivity index (χ1) is 15.5. The van der Waals surface area contributed by atoms with Crippen LogP contribution in [0, 0.1) is 34.5 Å². The normalized spacial score (nSPS) is 37.9. The zero-order valence-corrected chi connectivity index (χ0v) is 21.7. The summed E-state index contributed by atoms with van der Waals surface area (Å²) < 4.78 is 12.6. The van der Waals surface area contributed by atoms with Crippen LogP contribution >= 0.6 is 0 Å². The fourth-order valence-corrected chi connectivity index (χ4v) is 8.69. The Kier molecular flexibility index (Phi) is 6.55. The highest BCUT2D eigenvalue weighted by Gasteiger charge is 2.65. The van der Waals surface area contributed by atoms with Crippen molar-refractivity contribution in [1.29, 1.82) is 0 Å².